The van der Waals surface area contributed by atoms with Gasteiger partial charge in [-0.3, -0.25) is 4.79 Å². The van der Waals surface area contributed by atoms with Gasteiger partial charge in [0.25, 0.3) is 0 Å². The molecule has 0 saturated heterocycles. The number of hydrogen-bond acceptors (Lipinski definition) is 4. The highest BCUT2D eigenvalue weighted by atomic mass is 16.5. The highest BCUT2D eigenvalue weighted by molar-refractivity contribution is 5.68. The minimum atomic E-state index is -0.145. The molecule has 0 saturated carbocycles. The van der Waals surface area contributed by atoms with Crippen molar-refractivity contribution in [3.05, 3.63) is 71.8 Å². The number of carbonyl (C=O) groups excluding carboxylic acids is 1. The summed E-state index contributed by atoms with van der Waals surface area (Å²) in [4.78, 5) is 11.1. The van der Waals surface area contributed by atoms with E-state index in [0.29, 0.717) is 13.0 Å². The van der Waals surface area contributed by atoms with E-state index in [1.54, 1.807) is 0 Å². The number of nitrogens with one attached hydrogen (secondary N) is 1. The smallest absolute Gasteiger partial charge is 0.305 e. The molecule has 2 aromatic carbocycles. The Morgan fingerprint density at radius 1 is 1.00 bits per heavy atom. The first kappa shape index (κ1) is 19.2. The van der Waals surface area contributed by atoms with Crippen LogP contribution in [0.1, 0.15) is 36.5 Å². The Labute approximate surface area is 150 Å². The quantitative estimate of drug-likeness (QED) is 0.498. The monoisotopic (exact) mass is 341 g/mol. The number of hydrogen-bond donors (Lipinski definition) is 1. The van der Waals surface area contributed by atoms with Gasteiger partial charge >= 0.3 is 5.97 Å². The fourth-order valence-electron chi connectivity index (χ4n) is 2.57. The number of unbranched alkanes of at least 4 members (excludes halogenated alkanes) is 1. The van der Waals surface area contributed by atoms with E-state index in [2.05, 4.69) is 34.3 Å². The zero-order chi connectivity index (χ0) is 17.7. The van der Waals surface area contributed by atoms with Gasteiger partial charge in [0.2, 0.25) is 0 Å². The Bertz CT molecular complexity index is 601. The first-order valence-corrected chi connectivity index (χ1v) is 8.77. The molecule has 0 aliphatic carbocycles. The summed E-state index contributed by atoms with van der Waals surface area (Å²) in [5.41, 5.74) is 2.34. The maximum atomic E-state index is 11.1. The Balaban J connectivity index is 1.78. The van der Waals surface area contributed by atoms with Gasteiger partial charge in [-0.2, -0.15) is 0 Å². The minimum Gasteiger partial charge on any atom is -0.469 e. The number of benzene rings is 2. The molecule has 25 heavy (non-hydrogen) atoms. The van der Waals surface area contributed by atoms with Gasteiger partial charge in [0.15, 0.2) is 0 Å². The molecule has 0 heterocycles. The van der Waals surface area contributed by atoms with Crippen molar-refractivity contribution >= 4 is 5.97 Å². The average Bonchev–Trinajstić information content (AvgIpc) is 2.68. The summed E-state index contributed by atoms with van der Waals surface area (Å²) in [5.74, 6) is -0.145. The molecule has 2 aromatic rings. The standard InChI is InChI=1S/C21H27NO3/c1-24-21(23)14-8-9-15-22-16-20(19-12-6-3-7-13-19)25-17-18-10-4-2-5-11-18/h2-7,10-13,20,22H,8-9,14-17H2,1H3. The van der Waals surface area contributed by atoms with E-state index in [1.165, 1.54) is 18.2 Å². The summed E-state index contributed by atoms with van der Waals surface area (Å²) in [6.07, 6.45) is 2.25. The molecule has 1 unspecified atom stereocenters. The second kappa shape index (κ2) is 11.4. The predicted molar refractivity (Wildman–Crippen MR) is 99.2 cm³/mol. The van der Waals surface area contributed by atoms with Crippen LogP contribution in [0.2, 0.25) is 0 Å². The number of esters is 1. The molecule has 0 aliphatic heterocycles. The van der Waals surface area contributed by atoms with Crippen LogP contribution in [0.25, 0.3) is 0 Å². The second-order valence-electron chi connectivity index (χ2n) is 5.93. The molecule has 0 amide bonds. The maximum Gasteiger partial charge on any atom is 0.305 e. The van der Waals surface area contributed by atoms with Crippen molar-refractivity contribution in [2.45, 2.75) is 32.0 Å². The first-order chi connectivity index (χ1) is 12.3. The molecule has 4 nitrogen and oxygen atoms in total. The van der Waals surface area contributed by atoms with Crippen molar-refractivity contribution in [2.24, 2.45) is 0 Å². The van der Waals surface area contributed by atoms with E-state index in [1.807, 2.05) is 36.4 Å². The van der Waals surface area contributed by atoms with Gasteiger partial charge in [-0.1, -0.05) is 60.7 Å². The number of carbonyl (C=O) groups is 1. The average molecular weight is 341 g/mol. The van der Waals surface area contributed by atoms with E-state index in [4.69, 9.17) is 4.74 Å². The lowest BCUT2D eigenvalue weighted by Crippen LogP contribution is -2.24. The largest absolute Gasteiger partial charge is 0.469 e. The SMILES string of the molecule is COC(=O)CCCCNCC(OCc1ccccc1)c1ccccc1. The molecule has 4 heteroatoms. The van der Waals surface area contributed by atoms with Crippen LogP contribution >= 0.6 is 0 Å². The van der Waals surface area contributed by atoms with Gasteiger partial charge < -0.3 is 14.8 Å². The molecule has 0 radical (unpaired) electrons. The van der Waals surface area contributed by atoms with E-state index < -0.39 is 0 Å². The third kappa shape index (κ3) is 7.50. The molecule has 2 rings (SSSR count). The highest BCUT2D eigenvalue weighted by Crippen LogP contribution is 2.18. The van der Waals surface area contributed by atoms with E-state index in [0.717, 1.165) is 25.9 Å². The van der Waals surface area contributed by atoms with Crippen LogP contribution in [0.3, 0.4) is 0 Å². The second-order valence-corrected chi connectivity index (χ2v) is 5.93. The molecule has 0 aromatic heterocycles. The molecular formula is C21H27NO3. The van der Waals surface area contributed by atoms with Gasteiger partial charge in [-0.05, 0) is 30.5 Å². The lowest BCUT2D eigenvalue weighted by Gasteiger charge is -2.19. The topological polar surface area (TPSA) is 47.6 Å². The molecule has 0 bridgehead atoms. The van der Waals surface area contributed by atoms with Crippen molar-refractivity contribution in [2.75, 3.05) is 20.2 Å². The van der Waals surface area contributed by atoms with Crippen LogP contribution in [-0.2, 0) is 20.9 Å². The fourth-order valence-corrected chi connectivity index (χ4v) is 2.57. The summed E-state index contributed by atoms with van der Waals surface area (Å²) >= 11 is 0. The van der Waals surface area contributed by atoms with Crippen molar-refractivity contribution < 1.29 is 14.3 Å². The molecule has 0 fully saturated rings. The number of methoxy groups -OCH3 is 1. The number of ether oxygens (including phenoxy) is 2. The molecule has 0 spiro atoms. The van der Waals surface area contributed by atoms with Crippen LogP contribution in [-0.4, -0.2) is 26.2 Å². The lowest BCUT2D eigenvalue weighted by atomic mass is 10.1. The molecule has 134 valence electrons. The summed E-state index contributed by atoms with van der Waals surface area (Å²) in [5, 5.41) is 3.43. The highest BCUT2D eigenvalue weighted by Gasteiger charge is 2.11. The van der Waals surface area contributed by atoms with Gasteiger partial charge in [-0.25, -0.2) is 0 Å². The molecule has 1 atom stereocenters. The third-order valence-electron chi connectivity index (χ3n) is 4.01. The van der Waals surface area contributed by atoms with Crippen LogP contribution < -0.4 is 5.32 Å². The van der Waals surface area contributed by atoms with Crippen LogP contribution in [0.4, 0.5) is 0 Å². The molecule has 0 aliphatic rings. The Morgan fingerprint density at radius 2 is 1.68 bits per heavy atom. The fraction of sp³-hybridized carbons (Fsp3) is 0.381. The van der Waals surface area contributed by atoms with E-state index in [9.17, 15) is 4.79 Å². The van der Waals surface area contributed by atoms with E-state index >= 15 is 0 Å². The molecule has 1 N–H and O–H groups in total. The summed E-state index contributed by atoms with van der Waals surface area (Å²) in [6.45, 7) is 2.19. The maximum absolute atomic E-state index is 11.1. The zero-order valence-corrected chi connectivity index (χ0v) is 14.8. The van der Waals surface area contributed by atoms with Crippen molar-refractivity contribution in [3.63, 3.8) is 0 Å². The van der Waals surface area contributed by atoms with Gasteiger partial charge in [0.05, 0.1) is 19.8 Å². The summed E-state index contributed by atoms with van der Waals surface area (Å²) in [6, 6.07) is 20.5. The summed E-state index contributed by atoms with van der Waals surface area (Å²) < 4.78 is 10.8. The molecular weight excluding hydrogens is 314 g/mol. The third-order valence-corrected chi connectivity index (χ3v) is 4.01. The van der Waals surface area contributed by atoms with Crippen LogP contribution in [0, 0.1) is 0 Å². The Hall–Kier alpha value is -2.17. The Kier molecular flexibility index (Phi) is 8.73. The van der Waals surface area contributed by atoms with Crippen molar-refractivity contribution in [1.82, 2.24) is 5.32 Å². The normalized spacial score (nSPS) is 11.9. The van der Waals surface area contributed by atoms with Crippen LogP contribution in [0.5, 0.6) is 0 Å². The zero-order valence-electron chi connectivity index (χ0n) is 14.8. The van der Waals surface area contributed by atoms with Gasteiger partial charge in [0, 0.05) is 13.0 Å². The predicted octanol–water partition coefficient (Wildman–Crippen LogP) is 3.88. The van der Waals surface area contributed by atoms with Crippen LogP contribution in [0.15, 0.2) is 60.7 Å². The van der Waals surface area contributed by atoms with E-state index in [-0.39, 0.29) is 12.1 Å². The number of rotatable bonds is 11. The summed E-state index contributed by atoms with van der Waals surface area (Å²) in [7, 11) is 1.43. The minimum absolute atomic E-state index is 0.00186. The first-order valence-electron chi connectivity index (χ1n) is 8.77. The van der Waals surface area contributed by atoms with Gasteiger partial charge in [-0.15, -0.1) is 0 Å². The van der Waals surface area contributed by atoms with Gasteiger partial charge in [0.1, 0.15) is 0 Å². The van der Waals surface area contributed by atoms with Crippen molar-refractivity contribution in [1.29, 1.82) is 0 Å². The van der Waals surface area contributed by atoms with Crippen molar-refractivity contribution in [3.8, 4) is 0 Å². The Morgan fingerprint density at radius 3 is 2.36 bits per heavy atom. The lowest BCUT2D eigenvalue weighted by molar-refractivity contribution is -0.140.